The molecule has 9 heteroatoms. The molecule has 1 aromatic carbocycles. The summed E-state index contributed by atoms with van der Waals surface area (Å²) >= 11 is 0. The van der Waals surface area contributed by atoms with Crippen LogP contribution in [-0.4, -0.2) is 39.9 Å². The minimum Gasteiger partial charge on any atom is -0.496 e. The maximum absolute atomic E-state index is 9.75. The van der Waals surface area contributed by atoms with Gasteiger partial charge in [-0.15, -0.1) is 0 Å². The largest absolute Gasteiger partial charge is 0.673 e. The maximum Gasteiger partial charge on any atom is 0.673 e. The van der Waals surface area contributed by atoms with Gasteiger partial charge >= 0.3 is 7.25 Å². The van der Waals surface area contributed by atoms with Crippen LogP contribution < -0.4 is 19.5 Å². The van der Waals surface area contributed by atoms with Gasteiger partial charge in [0.1, 0.15) is 17.2 Å². The summed E-state index contributed by atoms with van der Waals surface area (Å²) in [5, 5.41) is 1.36. The van der Waals surface area contributed by atoms with Gasteiger partial charge in [0.25, 0.3) is 0 Å². The van der Waals surface area contributed by atoms with Crippen molar-refractivity contribution in [3.8, 4) is 17.2 Å². The van der Waals surface area contributed by atoms with E-state index in [1.165, 1.54) is 69.5 Å². The second-order valence-corrected chi connectivity index (χ2v) is 10.6. The smallest absolute Gasteiger partial charge is 0.496 e. The molecule has 1 aromatic rings. The molecule has 0 spiro atoms. The van der Waals surface area contributed by atoms with E-state index in [0.29, 0.717) is 0 Å². The monoisotopic (exact) mass is 451 g/mol. The Balaban J connectivity index is 0.000000575. The number of hydrogen-bond acceptors (Lipinski definition) is 3. The lowest BCUT2D eigenvalue weighted by Gasteiger charge is -2.39. The van der Waals surface area contributed by atoms with Crippen molar-refractivity contribution >= 4 is 20.5 Å². The molecule has 0 bridgehead atoms. The van der Waals surface area contributed by atoms with Gasteiger partial charge in [-0.3, -0.25) is 0 Å². The van der Waals surface area contributed by atoms with Gasteiger partial charge in [-0.25, -0.2) is 0 Å². The Hall–Kier alpha value is -1.17. The predicted molar refractivity (Wildman–Crippen MR) is 117 cm³/mol. The van der Waals surface area contributed by atoms with E-state index < -0.39 is 7.25 Å². The van der Waals surface area contributed by atoms with Gasteiger partial charge in [0, 0.05) is 12.1 Å². The zero-order valence-corrected chi connectivity index (χ0v) is 19.0. The number of methoxy groups -OCH3 is 3. The molecule has 0 heterocycles. The number of benzene rings is 1. The SMILES string of the molecule is COc1cc(OC)c(P(C2CCCCC2)C2CCCCC2)c(OC)c1.F[B-](F)(F)F. The first-order chi connectivity index (χ1) is 14.3. The van der Waals surface area contributed by atoms with Crippen LogP contribution in [0.4, 0.5) is 17.3 Å². The van der Waals surface area contributed by atoms with E-state index in [4.69, 9.17) is 14.2 Å². The second-order valence-electron chi connectivity index (χ2n) is 7.87. The molecule has 3 nitrogen and oxygen atoms in total. The van der Waals surface area contributed by atoms with Crippen LogP contribution in [0, 0.1) is 0 Å². The third-order valence-electron chi connectivity index (χ3n) is 5.88. The second kappa shape index (κ2) is 12.0. The van der Waals surface area contributed by atoms with Crippen molar-refractivity contribution in [2.24, 2.45) is 0 Å². The van der Waals surface area contributed by atoms with E-state index >= 15 is 0 Å². The highest BCUT2D eigenvalue weighted by atomic mass is 31.1. The summed E-state index contributed by atoms with van der Waals surface area (Å²) in [7, 11) is -0.992. The Morgan fingerprint density at radius 2 is 1.07 bits per heavy atom. The lowest BCUT2D eigenvalue weighted by Crippen LogP contribution is -2.27. The summed E-state index contributed by atoms with van der Waals surface area (Å²) < 4.78 is 56.2. The first kappa shape index (κ1) is 25.1. The van der Waals surface area contributed by atoms with E-state index in [1.807, 2.05) is 0 Å². The molecular weight excluding hydrogens is 418 g/mol. The van der Waals surface area contributed by atoms with Crippen LogP contribution in [-0.2, 0) is 0 Å². The summed E-state index contributed by atoms with van der Waals surface area (Å²) in [6, 6.07) is 4.11. The Kier molecular flexibility index (Phi) is 10.1. The van der Waals surface area contributed by atoms with Crippen LogP contribution in [0.1, 0.15) is 64.2 Å². The third kappa shape index (κ3) is 7.51. The lowest BCUT2D eigenvalue weighted by atomic mass is 9.99. The predicted octanol–water partition coefficient (Wildman–Crippen LogP) is 6.79. The van der Waals surface area contributed by atoms with E-state index in [1.54, 1.807) is 21.3 Å². The Bertz CT molecular complexity index is 599. The van der Waals surface area contributed by atoms with Gasteiger partial charge in [-0.05, 0) is 37.0 Å². The molecule has 2 aliphatic rings. The lowest BCUT2D eigenvalue weighted by molar-refractivity contribution is 0.368. The fourth-order valence-corrected chi connectivity index (χ4v) is 8.61. The summed E-state index contributed by atoms with van der Waals surface area (Å²) in [4.78, 5) is 0. The average Bonchev–Trinajstić information content (AvgIpc) is 2.74. The summed E-state index contributed by atoms with van der Waals surface area (Å²) in [6.07, 6.45) is 13.9. The molecule has 0 aromatic heterocycles. The molecule has 0 amide bonds. The van der Waals surface area contributed by atoms with Gasteiger partial charge < -0.3 is 31.5 Å². The molecule has 172 valence electrons. The molecule has 0 aliphatic heterocycles. The summed E-state index contributed by atoms with van der Waals surface area (Å²) in [6.45, 7) is 0. The molecule has 0 atom stereocenters. The van der Waals surface area contributed by atoms with Crippen LogP contribution >= 0.6 is 7.92 Å². The van der Waals surface area contributed by atoms with E-state index in [-0.39, 0.29) is 7.92 Å². The molecular formula is C21H33BF4O3P-. The highest BCUT2D eigenvalue weighted by Crippen LogP contribution is 2.58. The molecule has 30 heavy (non-hydrogen) atoms. The molecule has 0 unspecified atom stereocenters. The van der Waals surface area contributed by atoms with Gasteiger partial charge in [0.2, 0.25) is 0 Å². The highest BCUT2D eigenvalue weighted by molar-refractivity contribution is 7.67. The maximum atomic E-state index is 9.75. The average molecular weight is 451 g/mol. The number of ether oxygens (including phenoxy) is 3. The quantitative estimate of drug-likeness (QED) is 0.271. The van der Waals surface area contributed by atoms with Crippen molar-refractivity contribution in [3.05, 3.63) is 12.1 Å². The topological polar surface area (TPSA) is 27.7 Å². The molecule has 0 saturated heterocycles. The highest BCUT2D eigenvalue weighted by Gasteiger charge is 2.36. The molecule has 0 N–H and O–H groups in total. The fourth-order valence-electron chi connectivity index (χ4n) is 4.62. The first-order valence-corrected chi connectivity index (χ1v) is 12.2. The molecule has 2 aliphatic carbocycles. The van der Waals surface area contributed by atoms with Crippen LogP contribution in [0.3, 0.4) is 0 Å². The number of rotatable bonds is 6. The standard InChI is InChI=1S/C21H33O3P.BF4/c1-22-16-14-19(23-2)21(20(15-16)24-3)25(17-10-6-4-7-11-17)18-12-8-5-9-13-18;2-1(3,4)5/h14-15,17-18H,4-13H2,1-3H3;/q;-1. The Labute approximate surface area is 178 Å². The van der Waals surface area contributed by atoms with Gasteiger partial charge in [0.05, 0.1) is 26.6 Å². The molecule has 3 rings (SSSR count). The van der Waals surface area contributed by atoms with E-state index in [0.717, 1.165) is 28.6 Å². The van der Waals surface area contributed by atoms with Crippen LogP contribution in [0.15, 0.2) is 12.1 Å². The fraction of sp³-hybridized carbons (Fsp3) is 0.714. The van der Waals surface area contributed by atoms with E-state index in [9.17, 15) is 17.3 Å². The van der Waals surface area contributed by atoms with Crippen molar-refractivity contribution in [1.82, 2.24) is 0 Å². The number of halogens is 4. The minimum atomic E-state index is -6.00. The van der Waals surface area contributed by atoms with Crippen LogP contribution in [0.2, 0.25) is 0 Å². The molecule has 2 fully saturated rings. The zero-order chi connectivity index (χ0) is 22.1. The zero-order valence-electron chi connectivity index (χ0n) is 18.1. The van der Waals surface area contributed by atoms with Gasteiger partial charge in [-0.2, -0.15) is 0 Å². The minimum absolute atomic E-state index is 0.268. The van der Waals surface area contributed by atoms with Crippen molar-refractivity contribution in [2.75, 3.05) is 21.3 Å². The van der Waals surface area contributed by atoms with Crippen molar-refractivity contribution in [2.45, 2.75) is 75.5 Å². The number of hydrogen-bond donors (Lipinski definition) is 0. The first-order valence-electron chi connectivity index (χ1n) is 10.7. The van der Waals surface area contributed by atoms with Gasteiger partial charge in [-0.1, -0.05) is 46.4 Å². The molecule has 0 radical (unpaired) electrons. The van der Waals surface area contributed by atoms with Crippen molar-refractivity contribution in [3.63, 3.8) is 0 Å². The van der Waals surface area contributed by atoms with Gasteiger partial charge in [0.15, 0.2) is 0 Å². The summed E-state index contributed by atoms with van der Waals surface area (Å²) in [5.74, 6) is 2.76. The van der Waals surface area contributed by atoms with Crippen LogP contribution in [0.25, 0.3) is 0 Å². The van der Waals surface area contributed by atoms with Crippen LogP contribution in [0.5, 0.6) is 17.2 Å². The normalized spacial score (nSPS) is 18.5. The molecule has 2 saturated carbocycles. The Morgan fingerprint density at radius 1 is 0.700 bits per heavy atom. The third-order valence-corrected chi connectivity index (χ3v) is 9.45. The van der Waals surface area contributed by atoms with Crippen molar-refractivity contribution in [1.29, 1.82) is 0 Å². The Morgan fingerprint density at radius 3 is 1.37 bits per heavy atom. The van der Waals surface area contributed by atoms with Crippen molar-refractivity contribution < 1.29 is 31.5 Å². The van der Waals surface area contributed by atoms with E-state index in [2.05, 4.69) is 12.1 Å². The summed E-state index contributed by atoms with van der Waals surface area (Å²) in [5.41, 5.74) is 1.64.